The Bertz CT molecular complexity index is 452. The van der Waals surface area contributed by atoms with Crippen molar-refractivity contribution in [1.82, 2.24) is 0 Å². The summed E-state index contributed by atoms with van der Waals surface area (Å²) in [6.07, 6.45) is 0.649. The molecular formula is C13H17F2NO3. The summed E-state index contributed by atoms with van der Waals surface area (Å²) in [5.41, 5.74) is -0.413. The Labute approximate surface area is 110 Å². The van der Waals surface area contributed by atoms with Crippen molar-refractivity contribution < 1.29 is 23.0 Å². The van der Waals surface area contributed by atoms with E-state index in [9.17, 15) is 13.6 Å². The van der Waals surface area contributed by atoms with E-state index in [-0.39, 0.29) is 11.7 Å². The summed E-state index contributed by atoms with van der Waals surface area (Å²) in [6.45, 7) is 2.34. The topological polar surface area (TPSA) is 47.6 Å². The third-order valence-electron chi connectivity index (χ3n) is 2.64. The number of rotatable bonds is 6. The minimum atomic E-state index is -1.21. The Kier molecular flexibility index (Phi) is 5.69. The summed E-state index contributed by atoms with van der Waals surface area (Å²) in [7, 11) is 2.68. The Morgan fingerprint density at radius 3 is 2.58 bits per heavy atom. The fraction of sp³-hybridized carbons (Fsp3) is 0.462. The number of carbonyl (C=O) groups excluding carboxylic acids is 1. The number of anilines is 1. The van der Waals surface area contributed by atoms with Crippen molar-refractivity contribution in [2.24, 2.45) is 0 Å². The summed E-state index contributed by atoms with van der Waals surface area (Å²) in [4.78, 5) is 11.2. The zero-order valence-electron chi connectivity index (χ0n) is 11.1. The fourth-order valence-corrected chi connectivity index (χ4v) is 1.56. The van der Waals surface area contributed by atoms with Gasteiger partial charge in [-0.15, -0.1) is 0 Å². The van der Waals surface area contributed by atoms with Crippen molar-refractivity contribution in [1.29, 1.82) is 0 Å². The van der Waals surface area contributed by atoms with Crippen molar-refractivity contribution in [2.75, 3.05) is 26.1 Å². The van der Waals surface area contributed by atoms with Crippen LogP contribution in [0.2, 0.25) is 0 Å². The molecule has 0 aliphatic heterocycles. The van der Waals surface area contributed by atoms with Gasteiger partial charge in [0.15, 0.2) is 11.6 Å². The van der Waals surface area contributed by atoms with Crippen LogP contribution in [-0.2, 0) is 9.47 Å². The van der Waals surface area contributed by atoms with E-state index in [1.807, 2.05) is 6.92 Å². The van der Waals surface area contributed by atoms with E-state index in [1.54, 1.807) is 7.11 Å². The molecule has 4 nitrogen and oxygen atoms in total. The monoisotopic (exact) mass is 273 g/mol. The van der Waals surface area contributed by atoms with Gasteiger partial charge >= 0.3 is 5.97 Å². The molecule has 0 spiro atoms. The zero-order valence-corrected chi connectivity index (χ0v) is 11.1. The number of carbonyl (C=O) groups is 1. The Hall–Kier alpha value is -1.69. The molecule has 0 saturated heterocycles. The summed E-state index contributed by atoms with van der Waals surface area (Å²) >= 11 is 0. The van der Waals surface area contributed by atoms with E-state index in [0.717, 1.165) is 7.11 Å². The second-order valence-electron chi connectivity index (χ2n) is 4.11. The van der Waals surface area contributed by atoms with Crippen LogP contribution >= 0.6 is 0 Å². The number of hydrogen-bond donors (Lipinski definition) is 1. The lowest BCUT2D eigenvalue weighted by Crippen LogP contribution is -2.19. The molecule has 19 heavy (non-hydrogen) atoms. The van der Waals surface area contributed by atoms with Crippen LogP contribution in [0.3, 0.4) is 0 Å². The van der Waals surface area contributed by atoms with Crippen LogP contribution < -0.4 is 5.32 Å². The molecule has 1 aromatic carbocycles. The number of esters is 1. The van der Waals surface area contributed by atoms with Gasteiger partial charge in [-0.3, -0.25) is 0 Å². The molecule has 0 aliphatic rings. The predicted molar refractivity (Wildman–Crippen MR) is 67.3 cm³/mol. The summed E-state index contributed by atoms with van der Waals surface area (Å²) in [5, 5.41) is 2.82. The van der Waals surface area contributed by atoms with E-state index >= 15 is 0 Å². The van der Waals surface area contributed by atoms with Crippen molar-refractivity contribution in [2.45, 2.75) is 19.4 Å². The first-order valence-electron chi connectivity index (χ1n) is 5.83. The van der Waals surface area contributed by atoms with Gasteiger partial charge in [-0.1, -0.05) is 0 Å². The highest BCUT2D eigenvalue weighted by Crippen LogP contribution is 2.22. The van der Waals surface area contributed by atoms with E-state index in [2.05, 4.69) is 10.1 Å². The quantitative estimate of drug-likeness (QED) is 0.809. The minimum absolute atomic E-state index is 0.00811. The molecule has 6 heteroatoms. The van der Waals surface area contributed by atoms with E-state index in [0.29, 0.717) is 13.0 Å². The number of benzene rings is 1. The molecule has 0 amide bonds. The zero-order chi connectivity index (χ0) is 14.4. The standard InChI is InChI=1S/C13H17F2NO3/c1-8(6-7-18-2)16-10-5-4-9(13(17)19-3)11(14)12(10)15/h4-5,8,16H,6-7H2,1-3H3. The van der Waals surface area contributed by atoms with Gasteiger partial charge in [0.25, 0.3) is 0 Å². The number of methoxy groups -OCH3 is 2. The number of halogens is 2. The first-order valence-corrected chi connectivity index (χ1v) is 5.83. The maximum atomic E-state index is 13.8. The first-order chi connectivity index (χ1) is 9.01. The summed E-state index contributed by atoms with van der Waals surface area (Å²) in [6, 6.07) is 2.42. The molecule has 0 fully saturated rings. The van der Waals surface area contributed by atoms with Crippen molar-refractivity contribution in [3.63, 3.8) is 0 Å². The molecular weight excluding hydrogens is 256 g/mol. The fourth-order valence-electron chi connectivity index (χ4n) is 1.56. The molecule has 1 atom stereocenters. The largest absolute Gasteiger partial charge is 0.465 e. The molecule has 1 aromatic rings. The Morgan fingerprint density at radius 2 is 2.00 bits per heavy atom. The molecule has 1 rings (SSSR count). The molecule has 1 unspecified atom stereocenters. The van der Waals surface area contributed by atoms with Crippen LogP contribution in [0, 0.1) is 11.6 Å². The molecule has 0 bridgehead atoms. The lowest BCUT2D eigenvalue weighted by Gasteiger charge is -2.16. The van der Waals surface area contributed by atoms with Gasteiger partial charge in [0.1, 0.15) is 0 Å². The Morgan fingerprint density at radius 1 is 1.32 bits per heavy atom. The highest BCUT2D eigenvalue weighted by atomic mass is 19.2. The highest BCUT2D eigenvalue weighted by molar-refractivity contribution is 5.90. The molecule has 0 saturated carbocycles. The van der Waals surface area contributed by atoms with Crippen LogP contribution in [0.1, 0.15) is 23.7 Å². The van der Waals surface area contributed by atoms with Crippen LogP contribution in [0.15, 0.2) is 12.1 Å². The second-order valence-corrected chi connectivity index (χ2v) is 4.11. The number of ether oxygens (including phenoxy) is 2. The van der Waals surface area contributed by atoms with Crippen molar-refractivity contribution in [3.05, 3.63) is 29.3 Å². The molecule has 0 radical (unpaired) electrons. The number of hydrogen-bond acceptors (Lipinski definition) is 4. The lowest BCUT2D eigenvalue weighted by atomic mass is 10.1. The van der Waals surface area contributed by atoms with Crippen molar-refractivity contribution >= 4 is 11.7 Å². The van der Waals surface area contributed by atoms with Crippen LogP contribution in [0.25, 0.3) is 0 Å². The first kappa shape index (κ1) is 15.4. The third-order valence-corrected chi connectivity index (χ3v) is 2.64. The van der Waals surface area contributed by atoms with Gasteiger partial charge in [-0.05, 0) is 25.5 Å². The maximum absolute atomic E-state index is 13.8. The van der Waals surface area contributed by atoms with E-state index in [4.69, 9.17) is 4.74 Å². The molecule has 106 valence electrons. The average Bonchev–Trinajstić information content (AvgIpc) is 2.41. The van der Waals surface area contributed by atoms with Crippen molar-refractivity contribution in [3.8, 4) is 0 Å². The van der Waals surface area contributed by atoms with E-state index in [1.165, 1.54) is 12.1 Å². The second kappa shape index (κ2) is 7.04. The van der Waals surface area contributed by atoms with Gasteiger partial charge in [-0.2, -0.15) is 0 Å². The SMILES string of the molecule is COCCC(C)Nc1ccc(C(=O)OC)c(F)c1F. The third kappa shape index (κ3) is 3.89. The van der Waals surface area contributed by atoms with Gasteiger partial charge in [-0.25, -0.2) is 13.6 Å². The smallest absolute Gasteiger partial charge is 0.340 e. The molecule has 1 N–H and O–H groups in total. The normalized spacial score (nSPS) is 12.1. The Balaban J connectivity index is 2.87. The van der Waals surface area contributed by atoms with E-state index < -0.39 is 23.2 Å². The maximum Gasteiger partial charge on any atom is 0.340 e. The van der Waals surface area contributed by atoms with Gasteiger partial charge < -0.3 is 14.8 Å². The summed E-state index contributed by atoms with van der Waals surface area (Å²) < 4.78 is 36.7. The van der Waals surface area contributed by atoms with Gasteiger partial charge in [0.05, 0.1) is 18.4 Å². The average molecular weight is 273 g/mol. The van der Waals surface area contributed by atoms with Crippen LogP contribution in [-0.4, -0.2) is 32.8 Å². The number of nitrogens with one attached hydrogen (secondary N) is 1. The van der Waals surface area contributed by atoms with Crippen LogP contribution in [0.5, 0.6) is 0 Å². The van der Waals surface area contributed by atoms with Gasteiger partial charge in [0.2, 0.25) is 0 Å². The van der Waals surface area contributed by atoms with Crippen LogP contribution in [0.4, 0.5) is 14.5 Å². The minimum Gasteiger partial charge on any atom is -0.465 e. The highest BCUT2D eigenvalue weighted by Gasteiger charge is 2.19. The predicted octanol–water partition coefficient (Wildman–Crippen LogP) is 2.59. The molecule has 0 aliphatic carbocycles. The van der Waals surface area contributed by atoms with Gasteiger partial charge in [0, 0.05) is 19.8 Å². The summed E-state index contributed by atoms with van der Waals surface area (Å²) in [5.74, 6) is -3.21. The molecule has 0 heterocycles. The molecule has 0 aromatic heterocycles. The lowest BCUT2D eigenvalue weighted by molar-refractivity contribution is 0.0594.